The number of nitrogens with one attached hydrogen (secondary N) is 1. The molecule has 0 aliphatic carbocycles. The molecular weight excluding hydrogens is 416 g/mol. The van der Waals surface area contributed by atoms with Gasteiger partial charge in [-0.25, -0.2) is 12.7 Å². The number of carbonyl (C=O) groups excluding carboxylic acids is 2. The summed E-state index contributed by atoms with van der Waals surface area (Å²) in [6.45, 7) is -0.498. The summed E-state index contributed by atoms with van der Waals surface area (Å²) in [6, 6.07) is 13.4. The van der Waals surface area contributed by atoms with Crippen molar-refractivity contribution >= 4 is 39.3 Å². The molecule has 0 bridgehead atoms. The predicted octanol–water partition coefficient (Wildman–Crippen LogP) is 2.22. The molecular formula is C19H22N2O6S2. The minimum atomic E-state index is -3.68. The van der Waals surface area contributed by atoms with E-state index in [1.807, 2.05) is 30.3 Å². The van der Waals surface area contributed by atoms with Crippen LogP contribution in [0.1, 0.15) is 0 Å². The van der Waals surface area contributed by atoms with Crippen LogP contribution in [0.5, 0.6) is 5.75 Å². The van der Waals surface area contributed by atoms with E-state index < -0.39 is 28.5 Å². The number of hydrogen-bond acceptors (Lipinski definition) is 7. The first kappa shape index (κ1) is 22.7. The number of esters is 1. The van der Waals surface area contributed by atoms with Crippen LogP contribution in [0.25, 0.3) is 0 Å². The van der Waals surface area contributed by atoms with Crippen molar-refractivity contribution in [2.24, 2.45) is 0 Å². The van der Waals surface area contributed by atoms with E-state index in [2.05, 4.69) is 5.32 Å². The fourth-order valence-electron chi connectivity index (χ4n) is 2.19. The second kappa shape index (κ2) is 10.3. The van der Waals surface area contributed by atoms with Crippen molar-refractivity contribution in [2.75, 3.05) is 38.9 Å². The predicted molar refractivity (Wildman–Crippen MR) is 111 cm³/mol. The molecule has 1 N–H and O–H groups in total. The number of anilines is 1. The first-order chi connectivity index (χ1) is 13.7. The lowest BCUT2D eigenvalue weighted by atomic mass is 10.3. The maximum absolute atomic E-state index is 12.3. The molecule has 0 aromatic heterocycles. The number of amides is 1. The Bertz CT molecular complexity index is 962. The normalized spacial score (nSPS) is 11.2. The van der Waals surface area contributed by atoms with Gasteiger partial charge in [0.2, 0.25) is 10.0 Å². The summed E-state index contributed by atoms with van der Waals surface area (Å²) >= 11 is 1.30. The lowest BCUT2D eigenvalue weighted by molar-refractivity contribution is -0.144. The molecule has 0 aliphatic heterocycles. The van der Waals surface area contributed by atoms with E-state index in [-0.39, 0.29) is 22.1 Å². The van der Waals surface area contributed by atoms with Crippen LogP contribution in [0, 0.1) is 0 Å². The van der Waals surface area contributed by atoms with Crippen LogP contribution in [0.3, 0.4) is 0 Å². The summed E-state index contributed by atoms with van der Waals surface area (Å²) in [5, 5.41) is 2.51. The van der Waals surface area contributed by atoms with Crippen molar-refractivity contribution in [3.63, 3.8) is 0 Å². The van der Waals surface area contributed by atoms with Crippen LogP contribution < -0.4 is 10.1 Å². The van der Waals surface area contributed by atoms with Crippen LogP contribution in [0.2, 0.25) is 0 Å². The van der Waals surface area contributed by atoms with Crippen molar-refractivity contribution in [2.45, 2.75) is 9.79 Å². The summed E-state index contributed by atoms with van der Waals surface area (Å²) < 4.78 is 35.7. The van der Waals surface area contributed by atoms with Gasteiger partial charge in [0, 0.05) is 19.0 Å². The number of rotatable bonds is 9. The van der Waals surface area contributed by atoms with Gasteiger partial charge in [-0.2, -0.15) is 0 Å². The van der Waals surface area contributed by atoms with Crippen molar-refractivity contribution in [3.8, 4) is 5.75 Å². The molecule has 2 aromatic carbocycles. The Morgan fingerprint density at radius 3 is 2.41 bits per heavy atom. The molecule has 0 unspecified atom stereocenters. The smallest absolute Gasteiger partial charge is 0.316 e. The monoisotopic (exact) mass is 438 g/mol. The van der Waals surface area contributed by atoms with Gasteiger partial charge in [-0.3, -0.25) is 9.59 Å². The molecule has 0 aliphatic rings. The number of thioether (sulfide) groups is 1. The molecule has 8 nitrogen and oxygen atoms in total. The first-order valence-electron chi connectivity index (χ1n) is 8.48. The number of carbonyl (C=O) groups is 2. The summed E-state index contributed by atoms with van der Waals surface area (Å²) in [6.07, 6.45) is 0. The van der Waals surface area contributed by atoms with E-state index in [9.17, 15) is 18.0 Å². The Morgan fingerprint density at radius 1 is 1.10 bits per heavy atom. The molecule has 2 aromatic rings. The SMILES string of the molecule is COc1ccc(S(=O)(=O)N(C)C)cc1NC(=O)COC(=O)CSc1ccccc1. The number of sulfonamides is 1. The second-order valence-corrected chi connectivity index (χ2v) is 9.16. The highest BCUT2D eigenvalue weighted by Crippen LogP contribution is 2.28. The zero-order chi connectivity index (χ0) is 21.4. The van der Waals surface area contributed by atoms with Crippen LogP contribution in [0.4, 0.5) is 5.69 Å². The highest BCUT2D eigenvalue weighted by Gasteiger charge is 2.20. The lowest BCUT2D eigenvalue weighted by Crippen LogP contribution is -2.24. The number of nitrogens with zero attached hydrogens (tertiary/aromatic N) is 1. The number of hydrogen-bond donors (Lipinski definition) is 1. The van der Waals surface area contributed by atoms with Crippen LogP contribution in [-0.4, -0.2) is 58.2 Å². The maximum Gasteiger partial charge on any atom is 0.316 e. The zero-order valence-corrected chi connectivity index (χ0v) is 17.9. The lowest BCUT2D eigenvalue weighted by Gasteiger charge is -2.15. The molecule has 1 amide bonds. The van der Waals surface area contributed by atoms with Crippen molar-refractivity contribution in [3.05, 3.63) is 48.5 Å². The second-order valence-electron chi connectivity index (χ2n) is 5.96. The van der Waals surface area contributed by atoms with Gasteiger partial charge >= 0.3 is 5.97 Å². The number of benzene rings is 2. The molecule has 0 heterocycles. The third kappa shape index (κ3) is 6.48. The Kier molecular flexibility index (Phi) is 8.06. The minimum absolute atomic E-state index is 0.00476. The molecule has 156 valence electrons. The third-order valence-corrected chi connectivity index (χ3v) is 6.48. The highest BCUT2D eigenvalue weighted by molar-refractivity contribution is 8.00. The van der Waals surface area contributed by atoms with Crippen LogP contribution in [-0.2, 0) is 24.3 Å². The first-order valence-corrected chi connectivity index (χ1v) is 10.9. The Morgan fingerprint density at radius 2 is 1.79 bits per heavy atom. The highest BCUT2D eigenvalue weighted by atomic mass is 32.2. The summed E-state index contributed by atoms with van der Waals surface area (Å²) in [7, 11) is 0.528. The standard InChI is InChI=1S/C19H22N2O6S2/c1-21(2)29(24,25)15-9-10-17(26-3)16(11-15)20-18(22)12-27-19(23)13-28-14-7-5-4-6-8-14/h4-11H,12-13H2,1-3H3,(H,20,22). The average Bonchev–Trinajstić information content (AvgIpc) is 2.71. The molecule has 2 rings (SSSR count). The molecule has 10 heteroatoms. The molecule has 0 atom stereocenters. The van der Waals surface area contributed by atoms with Gasteiger partial charge in [-0.1, -0.05) is 18.2 Å². The fourth-order valence-corrected chi connectivity index (χ4v) is 3.83. The average molecular weight is 439 g/mol. The van der Waals surface area contributed by atoms with E-state index in [1.54, 1.807) is 0 Å². The third-order valence-electron chi connectivity index (χ3n) is 3.69. The van der Waals surface area contributed by atoms with Gasteiger partial charge in [-0.15, -0.1) is 11.8 Å². The van der Waals surface area contributed by atoms with Crippen molar-refractivity contribution < 1.29 is 27.5 Å². The minimum Gasteiger partial charge on any atom is -0.495 e. The number of ether oxygens (including phenoxy) is 2. The summed E-state index contributed by atoms with van der Waals surface area (Å²) in [4.78, 5) is 24.9. The van der Waals surface area contributed by atoms with Gasteiger partial charge in [0.25, 0.3) is 5.91 Å². The van der Waals surface area contributed by atoms with Gasteiger partial charge < -0.3 is 14.8 Å². The van der Waals surface area contributed by atoms with E-state index in [0.717, 1.165) is 9.20 Å². The molecule has 0 saturated carbocycles. The van der Waals surface area contributed by atoms with Crippen molar-refractivity contribution in [1.82, 2.24) is 4.31 Å². The van der Waals surface area contributed by atoms with Gasteiger partial charge in [0.05, 0.1) is 23.4 Å². The van der Waals surface area contributed by atoms with Gasteiger partial charge in [0.15, 0.2) is 6.61 Å². The van der Waals surface area contributed by atoms with E-state index in [0.29, 0.717) is 0 Å². The van der Waals surface area contributed by atoms with Crippen molar-refractivity contribution in [1.29, 1.82) is 0 Å². The molecule has 0 spiro atoms. The quantitative estimate of drug-likeness (QED) is 0.473. The molecule has 0 fully saturated rings. The van der Waals surface area contributed by atoms with Gasteiger partial charge in [0.1, 0.15) is 5.75 Å². The van der Waals surface area contributed by atoms with E-state index >= 15 is 0 Å². The Balaban J connectivity index is 1.96. The van der Waals surface area contributed by atoms with Crippen LogP contribution in [0.15, 0.2) is 58.3 Å². The van der Waals surface area contributed by atoms with E-state index in [1.165, 1.54) is 51.2 Å². The maximum atomic E-state index is 12.3. The molecule has 0 radical (unpaired) electrons. The molecule has 0 saturated heterocycles. The Labute approximate surface area is 174 Å². The largest absolute Gasteiger partial charge is 0.495 e. The fraction of sp³-hybridized carbons (Fsp3) is 0.263. The number of methoxy groups -OCH3 is 1. The molecule has 29 heavy (non-hydrogen) atoms. The summed E-state index contributed by atoms with van der Waals surface area (Å²) in [5.74, 6) is -0.801. The van der Waals surface area contributed by atoms with Gasteiger partial charge in [-0.05, 0) is 30.3 Å². The topological polar surface area (TPSA) is 102 Å². The Hall–Kier alpha value is -2.56. The van der Waals surface area contributed by atoms with E-state index in [4.69, 9.17) is 9.47 Å². The summed E-state index contributed by atoms with van der Waals surface area (Å²) in [5.41, 5.74) is 0.162. The zero-order valence-electron chi connectivity index (χ0n) is 16.2. The van der Waals surface area contributed by atoms with Crippen LogP contribution >= 0.6 is 11.8 Å².